The van der Waals surface area contributed by atoms with Gasteiger partial charge in [0.2, 0.25) is 0 Å². The van der Waals surface area contributed by atoms with Crippen LogP contribution in [0, 0.1) is 3.57 Å². The van der Waals surface area contributed by atoms with Crippen LogP contribution < -0.4 is 0 Å². The summed E-state index contributed by atoms with van der Waals surface area (Å²) >= 11 is 11.9. The molecule has 0 atom stereocenters. The molecule has 0 fully saturated rings. The Morgan fingerprint density at radius 2 is 1.77 bits per heavy atom. The van der Waals surface area contributed by atoms with Gasteiger partial charge in [0, 0.05) is 18.5 Å². The van der Waals surface area contributed by atoms with E-state index in [0.29, 0.717) is 0 Å². The molecule has 0 saturated heterocycles. The van der Waals surface area contributed by atoms with Crippen LogP contribution in [-0.4, -0.2) is 0 Å². The van der Waals surface area contributed by atoms with Crippen molar-refractivity contribution in [1.82, 2.24) is 0 Å². The minimum absolute atomic E-state index is 0.794. The van der Waals surface area contributed by atoms with Crippen molar-refractivity contribution in [1.29, 1.82) is 0 Å². The van der Waals surface area contributed by atoms with Crippen molar-refractivity contribution in [3.05, 3.63) is 43.4 Å². The quantitative estimate of drug-likeness (QED) is 0.461. The summed E-state index contributed by atoms with van der Waals surface area (Å²) in [6, 6.07) is 10.1. The molecule has 0 bridgehead atoms. The Hall–Kier alpha value is 0.200. The average molecular weight is 367 g/mol. The Bertz CT molecular complexity index is 468. The number of fused-ring (bicyclic) bond motifs is 1. The third-order valence-electron chi connectivity index (χ3n) is 1.88. The zero-order valence-electron chi connectivity index (χ0n) is 6.52. The third-order valence-corrected chi connectivity index (χ3v) is 4.73. The van der Waals surface area contributed by atoms with E-state index in [9.17, 15) is 0 Å². The summed E-state index contributed by atoms with van der Waals surface area (Å²) in [5, 5.41) is 3.10. The third kappa shape index (κ3) is 1.72. The van der Waals surface area contributed by atoms with Gasteiger partial charge in [-0.05, 0) is 50.0 Å². The van der Waals surface area contributed by atoms with Crippen LogP contribution in [0.5, 0.6) is 0 Å². The Morgan fingerprint density at radius 1 is 1.15 bits per heavy atom. The molecule has 3 heteroatoms. The van der Waals surface area contributed by atoms with Gasteiger partial charge in [0.15, 0.2) is 0 Å². The molecule has 0 saturated carbocycles. The first kappa shape index (κ1) is 9.74. The topological polar surface area (TPSA) is 0 Å². The van der Waals surface area contributed by atoms with Gasteiger partial charge in [-0.25, -0.2) is 0 Å². The lowest BCUT2D eigenvalue weighted by molar-refractivity contribution is 1.65. The van der Waals surface area contributed by atoms with Gasteiger partial charge in [-0.2, -0.15) is 0 Å². The first-order chi connectivity index (χ1) is 6.20. The van der Waals surface area contributed by atoms with Crippen LogP contribution in [-0.2, 0) is 0 Å². The van der Waals surface area contributed by atoms with Gasteiger partial charge in [0.1, 0.15) is 0 Å². The van der Waals surface area contributed by atoms with E-state index in [4.69, 9.17) is 11.6 Å². The fourth-order valence-corrected chi connectivity index (χ4v) is 2.74. The number of benzene rings is 2. The van der Waals surface area contributed by atoms with E-state index in [1.807, 2.05) is 24.3 Å². The van der Waals surface area contributed by atoms with Crippen molar-refractivity contribution in [3.8, 4) is 0 Å². The highest BCUT2D eigenvalue weighted by atomic mass is 127. The average Bonchev–Trinajstić information content (AvgIpc) is 2.15. The highest BCUT2D eigenvalue weighted by Crippen LogP contribution is 2.33. The largest absolute Gasteiger partial charge is 0.0836 e. The molecule has 0 aromatic heterocycles. The normalized spacial score (nSPS) is 10.7. The monoisotopic (exact) mass is 366 g/mol. The molecule has 0 N–H and O–H groups in total. The Labute approximate surface area is 104 Å². The first-order valence-electron chi connectivity index (χ1n) is 3.72. The molecule has 0 unspecified atom stereocenters. The molecule has 2 aromatic carbocycles. The van der Waals surface area contributed by atoms with Crippen LogP contribution in [0.15, 0.2) is 34.8 Å². The smallest absolute Gasteiger partial charge is 0.0496 e. The lowest BCUT2D eigenvalue weighted by Crippen LogP contribution is -1.80. The summed E-state index contributed by atoms with van der Waals surface area (Å²) < 4.78 is 2.26. The molecule has 66 valence electrons. The SMILES string of the molecule is Clc1cc(Br)c(I)c2ccccc12. The molecule has 0 heterocycles. The van der Waals surface area contributed by atoms with Gasteiger partial charge in [0.25, 0.3) is 0 Å². The van der Waals surface area contributed by atoms with Crippen LogP contribution in [0.3, 0.4) is 0 Å². The Morgan fingerprint density at radius 3 is 2.46 bits per heavy atom. The highest BCUT2D eigenvalue weighted by molar-refractivity contribution is 14.1. The number of halogens is 3. The number of hydrogen-bond donors (Lipinski definition) is 0. The maximum atomic E-state index is 6.10. The Balaban J connectivity index is 2.97. The van der Waals surface area contributed by atoms with Gasteiger partial charge in [-0.1, -0.05) is 35.9 Å². The van der Waals surface area contributed by atoms with E-state index in [2.05, 4.69) is 44.6 Å². The molecule has 0 amide bonds. The van der Waals surface area contributed by atoms with E-state index in [0.717, 1.165) is 14.9 Å². The molecule has 0 aliphatic rings. The van der Waals surface area contributed by atoms with E-state index in [1.54, 1.807) is 0 Å². The lowest BCUT2D eigenvalue weighted by atomic mass is 10.1. The second-order valence-corrected chi connectivity index (χ2v) is 5.04. The summed E-state index contributed by atoms with van der Waals surface area (Å²) in [7, 11) is 0. The Kier molecular flexibility index (Phi) is 2.81. The van der Waals surface area contributed by atoms with Gasteiger partial charge in [-0.15, -0.1) is 0 Å². The van der Waals surface area contributed by atoms with Gasteiger partial charge < -0.3 is 0 Å². The second-order valence-electron chi connectivity index (χ2n) is 2.70. The van der Waals surface area contributed by atoms with Crippen LogP contribution in [0.4, 0.5) is 0 Å². The molecule has 0 spiro atoms. The van der Waals surface area contributed by atoms with Crippen molar-refractivity contribution in [2.24, 2.45) is 0 Å². The highest BCUT2D eigenvalue weighted by Gasteiger charge is 2.05. The summed E-state index contributed by atoms with van der Waals surface area (Å²) in [4.78, 5) is 0. The molecular weight excluding hydrogens is 362 g/mol. The summed E-state index contributed by atoms with van der Waals surface area (Å²) in [6.07, 6.45) is 0. The van der Waals surface area contributed by atoms with Gasteiger partial charge in [-0.3, -0.25) is 0 Å². The summed E-state index contributed by atoms with van der Waals surface area (Å²) in [5.74, 6) is 0. The standard InChI is InChI=1S/C10H5BrClI/c11-8-5-9(12)6-3-1-2-4-7(6)10(8)13/h1-5H. The molecule has 13 heavy (non-hydrogen) atoms. The molecule has 2 rings (SSSR count). The molecule has 0 aliphatic carbocycles. The molecule has 0 aliphatic heterocycles. The number of hydrogen-bond acceptors (Lipinski definition) is 0. The van der Waals surface area contributed by atoms with Crippen molar-refractivity contribution in [2.45, 2.75) is 0 Å². The number of rotatable bonds is 0. The second kappa shape index (κ2) is 3.75. The molecule has 2 aromatic rings. The first-order valence-corrected chi connectivity index (χ1v) is 5.97. The van der Waals surface area contributed by atoms with Crippen molar-refractivity contribution in [3.63, 3.8) is 0 Å². The van der Waals surface area contributed by atoms with Crippen molar-refractivity contribution >= 4 is 60.9 Å². The van der Waals surface area contributed by atoms with Crippen LogP contribution in [0.1, 0.15) is 0 Å². The molecular formula is C10H5BrClI. The van der Waals surface area contributed by atoms with Crippen LogP contribution in [0.25, 0.3) is 10.8 Å². The lowest BCUT2D eigenvalue weighted by Gasteiger charge is -2.04. The van der Waals surface area contributed by atoms with E-state index in [-0.39, 0.29) is 0 Å². The van der Waals surface area contributed by atoms with Crippen LogP contribution >= 0.6 is 50.1 Å². The predicted octanol–water partition coefficient (Wildman–Crippen LogP) is 4.86. The summed E-state index contributed by atoms with van der Waals surface area (Å²) in [5.41, 5.74) is 0. The maximum Gasteiger partial charge on any atom is 0.0496 e. The zero-order chi connectivity index (χ0) is 9.42. The predicted molar refractivity (Wildman–Crippen MR) is 69.4 cm³/mol. The summed E-state index contributed by atoms with van der Waals surface area (Å²) in [6.45, 7) is 0. The molecule has 0 nitrogen and oxygen atoms in total. The fourth-order valence-electron chi connectivity index (χ4n) is 1.26. The van der Waals surface area contributed by atoms with E-state index in [1.165, 1.54) is 8.96 Å². The van der Waals surface area contributed by atoms with Gasteiger partial charge in [0.05, 0.1) is 0 Å². The van der Waals surface area contributed by atoms with E-state index >= 15 is 0 Å². The minimum Gasteiger partial charge on any atom is -0.0836 e. The molecule has 0 radical (unpaired) electrons. The fraction of sp³-hybridized carbons (Fsp3) is 0. The van der Waals surface area contributed by atoms with Gasteiger partial charge >= 0.3 is 0 Å². The van der Waals surface area contributed by atoms with Crippen LogP contribution in [0.2, 0.25) is 5.02 Å². The van der Waals surface area contributed by atoms with E-state index < -0.39 is 0 Å². The minimum atomic E-state index is 0.794. The zero-order valence-corrected chi connectivity index (χ0v) is 11.0. The maximum absolute atomic E-state index is 6.10. The van der Waals surface area contributed by atoms with Crippen molar-refractivity contribution < 1.29 is 0 Å². The van der Waals surface area contributed by atoms with Crippen molar-refractivity contribution in [2.75, 3.05) is 0 Å².